The van der Waals surface area contributed by atoms with Gasteiger partial charge in [0, 0.05) is 0 Å². The van der Waals surface area contributed by atoms with E-state index in [1.54, 1.807) is 0 Å². The minimum Gasteiger partial charge on any atom is -0.393 e. The Kier molecular flexibility index (Phi) is 8.09. The molecule has 0 heterocycles. The molecule has 4 saturated carbocycles. The minimum atomic E-state index is -0.0717. The van der Waals surface area contributed by atoms with Gasteiger partial charge in [0.05, 0.1) is 6.10 Å². The van der Waals surface area contributed by atoms with Crippen LogP contribution < -0.4 is 0 Å². The van der Waals surface area contributed by atoms with E-state index in [1.165, 1.54) is 64.2 Å². The first-order chi connectivity index (χ1) is 15.7. The number of aliphatic hydroxyl groups is 1. The van der Waals surface area contributed by atoms with Crippen molar-refractivity contribution < 1.29 is 5.11 Å². The molecule has 0 aromatic rings. The van der Waals surface area contributed by atoms with Crippen molar-refractivity contribution in [2.75, 3.05) is 0 Å². The van der Waals surface area contributed by atoms with Crippen LogP contribution in [0, 0.1) is 58.2 Å². The standard InChI is InChI=1S/C32H56O/c1-7-8-9-13-25-28-15-14-24-27-17-16-26(23(4)12-10-11-22(2)3)31(27,5)20-18-29(24)32(28,6)21-19-30(25)33/h8-9,22-30,33H,7,10-21H2,1-6H3/b9-8+/t23-,24?,25+,26-,27?,28?,29?,30-,31-,32+/m1/s1. The van der Waals surface area contributed by atoms with Crippen LogP contribution in [0.25, 0.3) is 0 Å². The molecule has 1 nitrogen and oxygen atoms in total. The molecule has 0 bridgehead atoms. The van der Waals surface area contributed by atoms with E-state index in [4.69, 9.17) is 0 Å². The highest BCUT2D eigenvalue weighted by atomic mass is 16.3. The molecule has 0 saturated heterocycles. The largest absolute Gasteiger partial charge is 0.393 e. The lowest BCUT2D eigenvalue weighted by atomic mass is 9.43. The van der Waals surface area contributed by atoms with Gasteiger partial charge in [-0.1, -0.05) is 73.0 Å². The maximum Gasteiger partial charge on any atom is 0.0574 e. The molecule has 190 valence electrons. The van der Waals surface area contributed by atoms with Crippen LogP contribution in [0.2, 0.25) is 0 Å². The monoisotopic (exact) mass is 456 g/mol. The second-order valence-electron chi connectivity index (χ2n) is 14.0. The van der Waals surface area contributed by atoms with Crippen molar-refractivity contribution in [2.24, 2.45) is 58.2 Å². The van der Waals surface area contributed by atoms with E-state index in [9.17, 15) is 5.11 Å². The van der Waals surface area contributed by atoms with Crippen molar-refractivity contribution in [3.05, 3.63) is 12.2 Å². The summed E-state index contributed by atoms with van der Waals surface area (Å²) in [6, 6.07) is 0. The fraction of sp³-hybridized carbons (Fsp3) is 0.938. The molecule has 0 aromatic carbocycles. The number of rotatable bonds is 8. The van der Waals surface area contributed by atoms with E-state index >= 15 is 0 Å². The lowest BCUT2D eigenvalue weighted by Crippen LogP contribution is -2.56. The summed E-state index contributed by atoms with van der Waals surface area (Å²) in [7, 11) is 0. The van der Waals surface area contributed by atoms with E-state index in [0.717, 1.165) is 60.7 Å². The van der Waals surface area contributed by atoms with Crippen LogP contribution in [-0.2, 0) is 0 Å². The number of allylic oxidation sites excluding steroid dienone is 2. The predicted molar refractivity (Wildman–Crippen MR) is 142 cm³/mol. The third-order valence-electron chi connectivity index (χ3n) is 11.9. The second kappa shape index (κ2) is 10.4. The zero-order valence-corrected chi connectivity index (χ0v) is 23.0. The van der Waals surface area contributed by atoms with Gasteiger partial charge < -0.3 is 5.11 Å². The fourth-order valence-electron chi connectivity index (χ4n) is 10.3. The first-order valence-electron chi connectivity index (χ1n) is 15.0. The summed E-state index contributed by atoms with van der Waals surface area (Å²) in [5.74, 6) is 6.79. The van der Waals surface area contributed by atoms with Crippen LogP contribution in [0.5, 0.6) is 0 Å². The first-order valence-corrected chi connectivity index (χ1v) is 15.0. The maximum absolute atomic E-state index is 11.0. The summed E-state index contributed by atoms with van der Waals surface area (Å²) in [4.78, 5) is 0. The van der Waals surface area contributed by atoms with Gasteiger partial charge in [0.15, 0.2) is 0 Å². The Bertz CT molecular complexity index is 665. The van der Waals surface area contributed by atoms with E-state index in [0.29, 0.717) is 16.7 Å². The van der Waals surface area contributed by atoms with Crippen LogP contribution in [0.4, 0.5) is 0 Å². The fourth-order valence-corrected chi connectivity index (χ4v) is 10.3. The van der Waals surface area contributed by atoms with E-state index in [1.807, 2.05) is 0 Å². The van der Waals surface area contributed by atoms with Crippen LogP contribution in [0.3, 0.4) is 0 Å². The highest BCUT2D eigenvalue weighted by Crippen LogP contribution is 2.69. The van der Waals surface area contributed by atoms with Crippen LogP contribution in [0.1, 0.15) is 125 Å². The van der Waals surface area contributed by atoms with Gasteiger partial charge in [-0.05, 0) is 122 Å². The Labute approximate surface area is 206 Å². The van der Waals surface area contributed by atoms with Crippen molar-refractivity contribution in [1.82, 2.24) is 0 Å². The Morgan fingerprint density at radius 3 is 2.24 bits per heavy atom. The Morgan fingerprint density at radius 1 is 0.818 bits per heavy atom. The molecule has 4 aliphatic rings. The third kappa shape index (κ3) is 4.75. The molecule has 33 heavy (non-hydrogen) atoms. The Hall–Kier alpha value is -0.300. The zero-order chi connectivity index (χ0) is 23.8. The molecule has 1 N–H and O–H groups in total. The molecule has 4 rings (SSSR count). The number of hydrogen-bond acceptors (Lipinski definition) is 1. The van der Waals surface area contributed by atoms with Gasteiger partial charge in [-0.15, -0.1) is 0 Å². The van der Waals surface area contributed by atoms with E-state index in [-0.39, 0.29) is 6.10 Å². The molecule has 4 unspecified atom stereocenters. The van der Waals surface area contributed by atoms with Crippen molar-refractivity contribution in [3.63, 3.8) is 0 Å². The molecule has 1 heteroatoms. The molecule has 0 aliphatic heterocycles. The molecule has 0 amide bonds. The molecule has 0 radical (unpaired) electrons. The number of hydrogen-bond donors (Lipinski definition) is 1. The van der Waals surface area contributed by atoms with Crippen molar-refractivity contribution in [3.8, 4) is 0 Å². The molecular formula is C32H56O. The smallest absolute Gasteiger partial charge is 0.0574 e. The van der Waals surface area contributed by atoms with Crippen molar-refractivity contribution in [2.45, 2.75) is 131 Å². The van der Waals surface area contributed by atoms with Gasteiger partial charge in [0.1, 0.15) is 0 Å². The topological polar surface area (TPSA) is 20.2 Å². The molecular weight excluding hydrogens is 400 g/mol. The van der Waals surface area contributed by atoms with E-state index < -0.39 is 0 Å². The highest BCUT2D eigenvalue weighted by Gasteiger charge is 2.61. The molecule has 0 spiro atoms. The average Bonchev–Trinajstić information content (AvgIpc) is 3.12. The highest BCUT2D eigenvalue weighted by molar-refractivity contribution is 5.11. The summed E-state index contributed by atoms with van der Waals surface area (Å²) in [6.07, 6.45) is 22.2. The molecule has 4 fully saturated rings. The van der Waals surface area contributed by atoms with Gasteiger partial charge in [0.25, 0.3) is 0 Å². The third-order valence-corrected chi connectivity index (χ3v) is 11.9. The Morgan fingerprint density at radius 2 is 1.52 bits per heavy atom. The quantitative estimate of drug-likeness (QED) is 0.361. The summed E-state index contributed by atoms with van der Waals surface area (Å²) >= 11 is 0. The first kappa shape index (κ1) is 25.8. The van der Waals surface area contributed by atoms with Crippen LogP contribution >= 0.6 is 0 Å². The number of aliphatic hydroxyl groups excluding tert-OH is 1. The zero-order valence-electron chi connectivity index (χ0n) is 23.0. The van der Waals surface area contributed by atoms with Gasteiger partial charge in [-0.2, -0.15) is 0 Å². The molecule has 10 atom stereocenters. The van der Waals surface area contributed by atoms with Gasteiger partial charge >= 0.3 is 0 Å². The predicted octanol–water partition coefficient (Wildman–Crippen LogP) is 9.05. The van der Waals surface area contributed by atoms with Crippen LogP contribution in [0.15, 0.2) is 12.2 Å². The summed E-state index contributed by atoms with van der Waals surface area (Å²) in [5.41, 5.74) is 1.06. The molecule has 4 aliphatic carbocycles. The minimum absolute atomic E-state index is 0.0717. The lowest BCUT2D eigenvalue weighted by molar-refractivity contribution is -0.152. The average molecular weight is 457 g/mol. The van der Waals surface area contributed by atoms with Crippen LogP contribution in [-0.4, -0.2) is 11.2 Å². The Balaban J connectivity index is 1.47. The number of fused-ring (bicyclic) bond motifs is 5. The van der Waals surface area contributed by atoms with Gasteiger partial charge in [0.2, 0.25) is 0 Å². The normalized spacial score (nSPS) is 46.2. The molecule has 0 aromatic heterocycles. The summed E-state index contributed by atoms with van der Waals surface area (Å²) in [5, 5.41) is 11.0. The SMILES string of the molecule is CC/C=C/C[C@H]1C2CCC3C(CC[C@@]4(C)C3CC[C@@H]4[C@H](C)CCCC(C)C)[C@@]2(C)CC[C@H]1O. The maximum atomic E-state index is 11.0. The lowest BCUT2D eigenvalue weighted by Gasteiger charge is -2.62. The van der Waals surface area contributed by atoms with Crippen molar-refractivity contribution >= 4 is 0 Å². The summed E-state index contributed by atoms with van der Waals surface area (Å²) < 4.78 is 0. The van der Waals surface area contributed by atoms with E-state index in [2.05, 4.69) is 53.7 Å². The second-order valence-corrected chi connectivity index (χ2v) is 14.0. The summed E-state index contributed by atoms with van der Waals surface area (Å²) in [6.45, 7) is 15.0. The van der Waals surface area contributed by atoms with Gasteiger partial charge in [-0.25, -0.2) is 0 Å². The van der Waals surface area contributed by atoms with Crippen molar-refractivity contribution in [1.29, 1.82) is 0 Å². The van der Waals surface area contributed by atoms with Gasteiger partial charge in [-0.3, -0.25) is 0 Å².